The molecule has 1 aromatic heterocycles. The molecule has 3 nitrogen and oxygen atoms in total. The van der Waals surface area contributed by atoms with Crippen LogP contribution in [0, 0.1) is 0 Å². The third-order valence-corrected chi connectivity index (χ3v) is 7.19. The van der Waals surface area contributed by atoms with Gasteiger partial charge in [-0.25, -0.2) is 4.98 Å². The monoisotopic (exact) mass is 519 g/mol. The molecule has 0 fully saturated rings. The summed E-state index contributed by atoms with van der Waals surface area (Å²) in [6, 6.07) is 46.1. The number of rotatable bonds is 4. The normalized spacial score (nSPS) is 11.2. The van der Waals surface area contributed by atoms with Crippen molar-refractivity contribution in [2.75, 3.05) is 0 Å². The van der Waals surface area contributed by atoms with Gasteiger partial charge in [0, 0.05) is 11.1 Å². The number of halogens is 1. The molecule has 0 saturated carbocycles. The summed E-state index contributed by atoms with van der Waals surface area (Å²) in [7, 11) is 0. The van der Waals surface area contributed by atoms with Crippen LogP contribution in [0.25, 0.3) is 66.6 Å². The van der Waals surface area contributed by atoms with Crippen LogP contribution in [0.2, 0.25) is 5.28 Å². The zero-order valence-electron chi connectivity index (χ0n) is 20.9. The van der Waals surface area contributed by atoms with Crippen LogP contribution in [-0.2, 0) is 0 Å². The van der Waals surface area contributed by atoms with Crippen LogP contribution in [0.3, 0.4) is 0 Å². The van der Waals surface area contributed by atoms with Crippen molar-refractivity contribution in [3.63, 3.8) is 0 Å². The Bertz CT molecular complexity index is 1970. The summed E-state index contributed by atoms with van der Waals surface area (Å²) in [6.07, 6.45) is 0. The van der Waals surface area contributed by atoms with Crippen molar-refractivity contribution >= 4 is 33.1 Å². The molecule has 7 rings (SSSR count). The van der Waals surface area contributed by atoms with Crippen molar-refractivity contribution in [3.05, 3.63) is 139 Å². The Labute approximate surface area is 231 Å². The Balaban J connectivity index is 1.32. The Kier molecular flexibility index (Phi) is 5.84. The van der Waals surface area contributed by atoms with Gasteiger partial charge in [0.25, 0.3) is 0 Å². The first kappa shape index (κ1) is 23.3. The molecule has 0 saturated heterocycles. The molecule has 6 aromatic carbocycles. The molecule has 0 spiro atoms. The third kappa shape index (κ3) is 4.54. The van der Waals surface area contributed by atoms with Gasteiger partial charge in [-0.1, -0.05) is 109 Å². The molecule has 1 heterocycles. The molecule has 0 radical (unpaired) electrons. The molecular weight excluding hydrogens is 498 g/mol. The molecule has 0 aliphatic carbocycles. The lowest BCUT2D eigenvalue weighted by Crippen LogP contribution is -1.98. The van der Waals surface area contributed by atoms with Crippen LogP contribution in [0.1, 0.15) is 0 Å². The molecule has 0 unspecified atom stereocenters. The molecule has 4 heteroatoms. The van der Waals surface area contributed by atoms with Crippen molar-refractivity contribution in [2.24, 2.45) is 0 Å². The van der Waals surface area contributed by atoms with Crippen LogP contribution in [0.5, 0.6) is 0 Å². The summed E-state index contributed by atoms with van der Waals surface area (Å²) < 4.78 is 0. The van der Waals surface area contributed by atoms with E-state index >= 15 is 0 Å². The highest BCUT2D eigenvalue weighted by molar-refractivity contribution is 6.28. The number of aromatic nitrogens is 3. The Morgan fingerprint density at radius 1 is 0.385 bits per heavy atom. The fourth-order valence-corrected chi connectivity index (χ4v) is 5.26. The molecule has 0 atom stereocenters. The quantitative estimate of drug-likeness (QED) is 0.232. The van der Waals surface area contributed by atoms with E-state index in [1.807, 2.05) is 24.3 Å². The van der Waals surface area contributed by atoms with E-state index in [4.69, 9.17) is 16.6 Å². The first-order chi connectivity index (χ1) is 19.2. The maximum absolute atomic E-state index is 6.47. The number of benzene rings is 6. The average molecular weight is 520 g/mol. The van der Waals surface area contributed by atoms with E-state index in [0.29, 0.717) is 11.6 Å². The summed E-state index contributed by atoms with van der Waals surface area (Å²) in [6.45, 7) is 0. The lowest BCUT2D eigenvalue weighted by molar-refractivity contribution is 1.07. The Morgan fingerprint density at radius 3 is 1.69 bits per heavy atom. The van der Waals surface area contributed by atoms with Gasteiger partial charge in [-0.2, -0.15) is 9.97 Å². The highest BCUT2D eigenvalue weighted by Crippen LogP contribution is 2.34. The maximum atomic E-state index is 6.47. The lowest BCUT2D eigenvalue weighted by atomic mass is 9.95. The summed E-state index contributed by atoms with van der Waals surface area (Å²) in [5, 5.41) is 4.73. The number of hydrogen-bond donors (Lipinski definition) is 0. The van der Waals surface area contributed by atoms with Gasteiger partial charge in [-0.3, -0.25) is 0 Å². The van der Waals surface area contributed by atoms with Crippen LogP contribution in [-0.4, -0.2) is 15.0 Å². The molecule has 0 N–H and O–H groups in total. The molecule has 0 amide bonds. The maximum Gasteiger partial charge on any atom is 0.226 e. The second-order valence-electron chi connectivity index (χ2n) is 9.51. The minimum Gasteiger partial charge on any atom is -0.208 e. The largest absolute Gasteiger partial charge is 0.226 e. The number of hydrogen-bond acceptors (Lipinski definition) is 3. The lowest BCUT2D eigenvalue weighted by Gasteiger charge is -2.11. The first-order valence-corrected chi connectivity index (χ1v) is 13.2. The molecule has 7 aromatic rings. The fraction of sp³-hybridized carbons (Fsp3) is 0. The first-order valence-electron chi connectivity index (χ1n) is 12.8. The van der Waals surface area contributed by atoms with Crippen LogP contribution >= 0.6 is 11.6 Å². The molecule has 39 heavy (non-hydrogen) atoms. The van der Waals surface area contributed by atoms with Crippen LogP contribution in [0.15, 0.2) is 133 Å². The summed E-state index contributed by atoms with van der Waals surface area (Å²) in [5.74, 6) is 1.10. The molecule has 0 aliphatic heterocycles. The standard InChI is InChI=1S/C35H22ClN3/c36-35-38-33(29-18-17-26-19-25(15-16-27(26)20-29)23-9-3-1-4-10-23)37-34(39-35)30-21-28-13-7-8-14-31(28)32(22-30)24-11-5-2-6-12-24/h1-22H. The SMILES string of the molecule is Clc1nc(-c2ccc3cc(-c4ccccc4)ccc3c2)nc(-c2cc(-c3ccccc3)c3ccccc3c2)n1. The van der Waals surface area contributed by atoms with Gasteiger partial charge in [0.2, 0.25) is 5.28 Å². The van der Waals surface area contributed by atoms with Gasteiger partial charge >= 0.3 is 0 Å². The number of fused-ring (bicyclic) bond motifs is 2. The second-order valence-corrected chi connectivity index (χ2v) is 9.84. The van der Waals surface area contributed by atoms with Crippen LogP contribution in [0.4, 0.5) is 0 Å². The van der Waals surface area contributed by atoms with Gasteiger partial charge in [0.05, 0.1) is 0 Å². The number of nitrogens with zero attached hydrogens (tertiary/aromatic N) is 3. The van der Waals surface area contributed by atoms with Crippen molar-refractivity contribution in [1.82, 2.24) is 15.0 Å². The van der Waals surface area contributed by atoms with E-state index in [1.54, 1.807) is 0 Å². The van der Waals surface area contributed by atoms with E-state index in [2.05, 4.69) is 119 Å². The van der Waals surface area contributed by atoms with E-state index in [1.165, 1.54) is 16.5 Å². The van der Waals surface area contributed by atoms with E-state index in [-0.39, 0.29) is 5.28 Å². The second kappa shape index (κ2) is 9.79. The Hall–Kier alpha value is -4.86. The minimum atomic E-state index is 0.170. The highest BCUT2D eigenvalue weighted by atomic mass is 35.5. The van der Waals surface area contributed by atoms with Gasteiger partial charge in [0.15, 0.2) is 11.6 Å². The zero-order chi connectivity index (χ0) is 26.2. The van der Waals surface area contributed by atoms with Gasteiger partial charge in [0.1, 0.15) is 0 Å². The van der Waals surface area contributed by atoms with Crippen molar-refractivity contribution in [1.29, 1.82) is 0 Å². The Morgan fingerprint density at radius 2 is 0.949 bits per heavy atom. The summed E-state index contributed by atoms with van der Waals surface area (Å²) in [5.41, 5.74) is 6.44. The summed E-state index contributed by atoms with van der Waals surface area (Å²) in [4.78, 5) is 13.9. The van der Waals surface area contributed by atoms with Crippen molar-refractivity contribution in [3.8, 4) is 45.0 Å². The predicted molar refractivity (Wildman–Crippen MR) is 162 cm³/mol. The zero-order valence-corrected chi connectivity index (χ0v) is 21.7. The van der Waals surface area contributed by atoms with E-state index in [0.717, 1.165) is 38.4 Å². The predicted octanol–water partition coefficient (Wildman–Crippen LogP) is 9.50. The minimum absolute atomic E-state index is 0.170. The topological polar surface area (TPSA) is 38.7 Å². The van der Waals surface area contributed by atoms with Crippen molar-refractivity contribution in [2.45, 2.75) is 0 Å². The van der Waals surface area contributed by atoms with Crippen molar-refractivity contribution < 1.29 is 0 Å². The molecule has 0 aliphatic rings. The highest BCUT2D eigenvalue weighted by Gasteiger charge is 2.14. The fourth-order valence-electron chi connectivity index (χ4n) is 5.10. The van der Waals surface area contributed by atoms with E-state index in [9.17, 15) is 0 Å². The molecular formula is C35H22ClN3. The van der Waals surface area contributed by atoms with Gasteiger partial charge < -0.3 is 0 Å². The van der Waals surface area contributed by atoms with Gasteiger partial charge in [-0.15, -0.1) is 0 Å². The smallest absolute Gasteiger partial charge is 0.208 e. The molecule has 0 bridgehead atoms. The third-order valence-electron chi connectivity index (χ3n) is 7.02. The van der Waals surface area contributed by atoms with Crippen LogP contribution < -0.4 is 0 Å². The van der Waals surface area contributed by atoms with E-state index < -0.39 is 0 Å². The van der Waals surface area contributed by atoms with Gasteiger partial charge in [-0.05, 0) is 79.7 Å². The molecule has 184 valence electrons. The summed E-state index contributed by atoms with van der Waals surface area (Å²) >= 11 is 6.47. The average Bonchev–Trinajstić information content (AvgIpc) is 3.00.